The average molecular weight is 329 g/mol. The zero-order chi connectivity index (χ0) is 16.4. The first-order valence-electron chi connectivity index (χ1n) is 7.39. The van der Waals surface area contributed by atoms with Gasteiger partial charge >= 0.3 is 0 Å². The molecule has 0 radical (unpaired) electrons. The van der Waals surface area contributed by atoms with Gasteiger partial charge < -0.3 is 9.88 Å². The van der Waals surface area contributed by atoms with Crippen molar-refractivity contribution >= 4 is 28.5 Å². The molecule has 0 saturated heterocycles. The van der Waals surface area contributed by atoms with Gasteiger partial charge in [0.05, 0.1) is 34.1 Å². The molecule has 2 aromatic heterocycles. The molecule has 0 fully saturated rings. The van der Waals surface area contributed by atoms with Gasteiger partial charge in [-0.3, -0.25) is 9.78 Å². The zero-order valence-corrected chi connectivity index (χ0v) is 13.7. The van der Waals surface area contributed by atoms with E-state index in [2.05, 4.69) is 15.3 Å². The second-order valence-electron chi connectivity index (χ2n) is 5.45. The van der Waals surface area contributed by atoms with Crippen molar-refractivity contribution in [2.45, 2.75) is 25.9 Å². The molecule has 1 amide bonds. The number of amides is 1. The van der Waals surface area contributed by atoms with E-state index in [1.165, 1.54) is 0 Å². The lowest BCUT2D eigenvalue weighted by atomic mass is 10.2. The van der Waals surface area contributed by atoms with Crippen LogP contribution in [0.2, 0.25) is 5.02 Å². The van der Waals surface area contributed by atoms with Crippen LogP contribution in [0.15, 0.2) is 48.9 Å². The Hall–Kier alpha value is -2.40. The van der Waals surface area contributed by atoms with Gasteiger partial charge in [-0.05, 0) is 38.1 Å². The van der Waals surface area contributed by atoms with Gasteiger partial charge in [0.25, 0.3) is 0 Å². The maximum absolute atomic E-state index is 12.5. The fourth-order valence-electron chi connectivity index (χ4n) is 2.46. The van der Waals surface area contributed by atoms with E-state index in [1.54, 1.807) is 18.6 Å². The Kier molecular flexibility index (Phi) is 4.30. The number of nitrogens with one attached hydrogen (secondary N) is 1. The Labute approximate surface area is 139 Å². The highest BCUT2D eigenvalue weighted by Crippen LogP contribution is 2.19. The molecule has 0 aliphatic rings. The van der Waals surface area contributed by atoms with E-state index < -0.39 is 0 Å². The molecule has 0 saturated carbocycles. The largest absolute Gasteiger partial charge is 0.346 e. The number of hydrogen-bond donors (Lipinski definition) is 1. The van der Waals surface area contributed by atoms with Crippen LogP contribution in [0, 0.1) is 0 Å². The number of carbonyl (C=O) groups excluding carboxylic acids is 1. The molecule has 118 valence electrons. The molecule has 5 nitrogen and oxygen atoms in total. The topological polar surface area (TPSA) is 59.8 Å². The molecule has 1 N–H and O–H groups in total. The number of nitrogens with zero attached hydrogens (tertiary/aromatic N) is 3. The maximum Gasteiger partial charge on any atom is 0.243 e. The van der Waals surface area contributed by atoms with E-state index in [4.69, 9.17) is 11.6 Å². The predicted octanol–water partition coefficient (Wildman–Crippen LogP) is 3.52. The first-order valence-corrected chi connectivity index (χ1v) is 7.77. The predicted molar refractivity (Wildman–Crippen MR) is 90.2 cm³/mol. The molecule has 23 heavy (non-hydrogen) atoms. The number of hydrogen-bond acceptors (Lipinski definition) is 3. The van der Waals surface area contributed by atoms with Crippen molar-refractivity contribution in [2.24, 2.45) is 0 Å². The van der Waals surface area contributed by atoms with Crippen LogP contribution in [0.4, 0.5) is 0 Å². The first-order chi connectivity index (χ1) is 11.1. The summed E-state index contributed by atoms with van der Waals surface area (Å²) in [7, 11) is 0. The van der Waals surface area contributed by atoms with E-state index in [0.29, 0.717) is 5.02 Å². The van der Waals surface area contributed by atoms with Gasteiger partial charge in [-0.15, -0.1) is 0 Å². The minimum atomic E-state index is -0.364. The molecule has 0 aliphatic carbocycles. The average Bonchev–Trinajstić information content (AvgIpc) is 2.98. The van der Waals surface area contributed by atoms with Crippen LogP contribution in [0.25, 0.3) is 11.0 Å². The Morgan fingerprint density at radius 1 is 1.17 bits per heavy atom. The van der Waals surface area contributed by atoms with Crippen molar-refractivity contribution in [1.82, 2.24) is 19.9 Å². The van der Waals surface area contributed by atoms with Gasteiger partial charge in [-0.1, -0.05) is 23.7 Å². The highest BCUT2D eigenvalue weighted by Gasteiger charge is 2.19. The highest BCUT2D eigenvalue weighted by molar-refractivity contribution is 6.30. The van der Waals surface area contributed by atoms with Crippen LogP contribution in [-0.2, 0) is 4.79 Å². The second-order valence-corrected chi connectivity index (χ2v) is 5.88. The summed E-state index contributed by atoms with van der Waals surface area (Å²) >= 11 is 5.84. The summed E-state index contributed by atoms with van der Waals surface area (Å²) < 4.78 is 1.87. The molecule has 6 heteroatoms. The molecule has 1 aromatic carbocycles. The normalized spacial score (nSPS) is 13.7. The molecule has 0 spiro atoms. The van der Waals surface area contributed by atoms with Gasteiger partial charge in [-0.25, -0.2) is 4.98 Å². The van der Waals surface area contributed by atoms with Crippen LogP contribution in [0.5, 0.6) is 0 Å². The van der Waals surface area contributed by atoms with Crippen LogP contribution >= 0.6 is 11.6 Å². The first kappa shape index (κ1) is 15.5. The lowest BCUT2D eigenvalue weighted by Crippen LogP contribution is -2.33. The number of aromatic nitrogens is 3. The SMILES string of the molecule is CC(C(=O)N[C@@H](C)c1ccc(Cl)cn1)n1cnc2ccccc21. The molecule has 2 atom stereocenters. The maximum atomic E-state index is 12.5. The number of rotatable bonds is 4. The van der Waals surface area contributed by atoms with Gasteiger partial charge in [-0.2, -0.15) is 0 Å². The molecular formula is C17H17ClN4O. The fraction of sp³-hybridized carbons (Fsp3) is 0.235. The van der Waals surface area contributed by atoms with Crippen LogP contribution < -0.4 is 5.32 Å². The van der Waals surface area contributed by atoms with Crippen molar-refractivity contribution in [3.05, 3.63) is 59.6 Å². The van der Waals surface area contributed by atoms with Crippen molar-refractivity contribution in [3.8, 4) is 0 Å². The Morgan fingerprint density at radius 2 is 1.96 bits per heavy atom. The summed E-state index contributed by atoms with van der Waals surface area (Å²) in [5.41, 5.74) is 2.58. The fourth-order valence-corrected chi connectivity index (χ4v) is 2.58. The second kappa shape index (κ2) is 6.38. The number of carbonyl (C=O) groups is 1. The number of pyridine rings is 1. The number of imidazole rings is 1. The summed E-state index contributed by atoms with van der Waals surface area (Å²) in [5.74, 6) is -0.0857. The molecule has 3 aromatic rings. The molecule has 3 rings (SSSR count). The van der Waals surface area contributed by atoms with Gasteiger partial charge in [0, 0.05) is 6.20 Å². The number of fused-ring (bicyclic) bond motifs is 1. The van der Waals surface area contributed by atoms with Crippen LogP contribution in [0.1, 0.15) is 31.6 Å². The summed E-state index contributed by atoms with van der Waals surface area (Å²) in [5, 5.41) is 3.55. The summed E-state index contributed by atoms with van der Waals surface area (Å²) in [6.45, 7) is 3.75. The highest BCUT2D eigenvalue weighted by atomic mass is 35.5. The Morgan fingerprint density at radius 3 is 2.70 bits per heavy atom. The third-order valence-electron chi connectivity index (χ3n) is 3.83. The van der Waals surface area contributed by atoms with Gasteiger partial charge in [0.2, 0.25) is 5.91 Å². The van der Waals surface area contributed by atoms with Crippen LogP contribution in [-0.4, -0.2) is 20.4 Å². The van der Waals surface area contributed by atoms with Gasteiger partial charge in [0.15, 0.2) is 0 Å². The molecular weight excluding hydrogens is 312 g/mol. The van der Waals surface area contributed by atoms with E-state index in [9.17, 15) is 4.79 Å². The van der Waals surface area contributed by atoms with E-state index in [0.717, 1.165) is 16.7 Å². The van der Waals surface area contributed by atoms with Crippen molar-refractivity contribution in [2.75, 3.05) is 0 Å². The van der Waals surface area contributed by atoms with Crippen LogP contribution in [0.3, 0.4) is 0 Å². The lowest BCUT2D eigenvalue weighted by molar-refractivity contribution is -0.124. The number of para-hydroxylation sites is 2. The van der Waals surface area contributed by atoms with Crippen molar-refractivity contribution in [3.63, 3.8) is 0 Å². The minimum absolute atomic E-state index is 0.0857. The van der Waals surface area contributed by atoms with E-state index in [-0.39, 0.29) is 18.0 Å². The molecule has 2 heterocycles. The summed E-state index contributed by atoms with van der Waals surface area (Å²) in [6, 6.07) is 10.8. The zero-order valence-electron chi connectivity index (χ0n) is 12.9. The standard InChI is InChI=1S/C17H17ClN4O/c1-11(14-8-7-13(18)9-19-14)21-17(23)12(2)22-10-20-15-5-3-4-6-16(15)22/h3-12H,1-2H3,(H,21,23)/t11-,12?/m0/s1. The van der Waals surface area contributed by atoms with E-state index >= 15 is 0 Å². The molecule has 0 aliphatic heterocycles. The smallest absolute Gasteiger partial charge is 0.243 e. The lowest BCUT2D eigenvalue weighted by Gasteiger charge is -2.18. The summed E-state index contributed by atoms with van der Waals surface area (Å²) in [4.78, 5) is 21.1. The Bertz CT molecular complexity index is 828. The third-order valence-corrected chi connectivity index (χ3v) is 4.05. The Balaban J connectivity index is 1.76. The molecule has 1 unspecified atom stereocenters. The monoisotopic (exact) mass is 328 g/mol. The van der Waals surface area contributed by atoms with E-state index in [1.807, 2.05) is 48.7 Å². The third kappa shape index (κ3) is 3.19. The molecule has 0 bridgehead atoms. The number of benzene rings is 1. The van der Waals surface area contributed by atoms with Gasteiger partial charge in [0.1, 0.15) is 6.04 Å². The summed E-state index contributed by atoms with van der Waals surface area (Å²) in [6.07, 6.45) is 3.27. The van der Waals surface area contributed by atoms with Crippen molar-refractivity contribution in [1.29, 1.82) is 0 Å². The minimum Gasteiger partial charge on any atom is -0.346 e. The number of halogens is 1. The quantitative estimate of drug-likeness (QED) is 0.797. The van der Waals surface area contributed by atoms with Crippen molar-refractivity contribution < 1.29 is 4.79 Å².